The Morgan fingerprint density at radius 1 is 0.933 bits per heavy atom. The molecule has 0 heterocycles. The molecule has 0 aliphatic carbocycles. The monoisotopic (exact) mass is 425 g/mol. The summed E-state index contributed by atoms with van der Waals surface area (Å²) in [5.41, 5.74) is 1.65. The van der Waals surface area contributed by atoms with Crippen LogP contribution in [0.25, 0.3) is 0 Å². The number of benzene rings is 2. The van der Waals surface area contributed by atoms with Crippen LogP contribution in [-0.4, -0.2) is 46.1 Å². The van der Waals surface area contributed by atoms with Gasteiger partial charge in [0.1, 0.15) is 24.7 Å². The van der Waals surface area contributed by atoms with E-state index in [0.717, 1.165) is 17.1 Å². The van der Waals surface area contributed by atoms with Crippen molar-refractivity contribution in [3.8, 4) is 11.5 Å². The summed E-state index contributed by atoms with van der Waals surface area (Å²) >= 11 is 0. The average Bonchev–Trinajstić information content (AvgIpc) is 2.74. The van der Waals surface area contributed by atoms with Crippen LogP contribution in [0.5, 0.6) is 11.5 Å². The highest BCUT2D eigenvalue weighted by Gasteiger charge is 2.27. The molecule has 0 atom stereocenters. The van der Waals surface area contributed by atoms with Gasteiger partial charge in [0.25, 0.3) is 0 Å². The van der Waals surface area contributed by atoms with Gasteiger partial charge in [0.15, 0.2) is 5.96 Å². The molecule has 0 aliphatic heterocycles. The van der Waals surface area contributed by atoms with Crippen LogP contribution in [0, 0.1) is 0 Å². The van der Waals surface area contributed by atoms with E-state index >= 15 is 0 Å². The summed E-state index contributed by atoms with van der Waals surface area (Å²) in [7, 11) is 3.28. The second-order valence-corrected chi connectivity index (χ2v) is 6.30. The lowest BCUT2D eigenvalue weighted by molar-refractivity contribution is -0.176. The number of alkyl halides is 3. The molecule has 0 radical (unpaired) electrons. The molecule has 0 saturated carbocycles. The van der Waals surface area contributed by atoms with Gasteiger partial charge >= 0.3 is 6.18 Å². The van der Waals surface area contributed by atoms with Crippen molar-refractivity contribution in [3.63, 3.8) is 0 Å². The largest absolute Gasteiger partial charge is 0.497 e. The first-order valence-electron chi connectivity index (χ1n) is 9.33. The Kier molecular flexibility index (Phi) is 9.27. The van der Waals surface area contributed by atoms with Crippen LogP contribution in [0.15, 0.2) is 53.5 Å². The summed E-state index contributed by atoms with van der Waals surface area (Å²) in [6.07, 6.45) is -4.31. The third kappa shape index (κ3) is 9.04. The third-order valence-corrected chi connectivity index (χ3v) is 3.96. The number of halogens is 3. The number of hydrogen-bond donors (Lipinski definition) is 2. The minimum absolute atomic E-state index is 0.0787. The van der Waals surface area contributed by atoms with E-state index in [2.05, 4.69) is 20.4 Å². The molecule has 0 aliphatic rings. The molecule has 0 bridgehead atoms. The Morgan fingerprint density at radius 3 is 2.17 bits per heavy atom. The first kappa shape index (κ1) is 23.3. The minimum atomic E-state index is -4.31. The van der Waals surface area contributed by atoms with Crippen molar-refractivity contribution in [1.29, 1.82) is 0 Å². The molecule has 2 rings (SSSR count). The molecule has 2 aromatic rings. The molecule has 164 valence electrons. The van der Waals surface area contributed by atoms with Crippen molar-refractivity contribution in [2.24, 2.45) is 4.99 Å². The Hall–Kier alpha value is -2.94. The summed E-state index contributed by atoms with van der Waals surface area (Å²) in [6.45, 7) is 0.203. The maximum Gasteiger partial charge on any atom is 0.411 e. The molecule has 2 N–H and O–H groups in total. The van der Waals surface area contributed by atoms with Crippen LogP contribution < -0.4 is 20.1 Å². The van der Waals surface area contributed by atoms with E-state index in [9.17, 15) is 13.2 Å². The summed E-state index contributed by atoms with van der Waals surface area (Å²) in [5, 5.41) is 6.32. The Balaban J connectivity index is 1.66. The highest BCUT2D eigenvalue weighted by molar-refractivity contribution is 5.79. The topological polar surface area (TPSA) is 64.1 Å². The molecule has 9 heteroatoms. The number of nitrogens with one attached hydrogen (secondary N) is 2. The molecule has 0 fully saturated rings. The predicted molar refractivity (Wildman–Crippen MR) is 109 cm³/mol. The van der Waals surface area contributed by atoms with E-state index in [4.69, 9.17) is 9.47 Å². The van der Waals surface area contributed by atoms with E-state index in [1.165, 1.54) is 0 Å². The van der Waals surface area contributed by atoms with Crippen molar-refractivity contribution >= 4 is 5.96 Å². The first-order valence-corrected chi connectivity index (χ1v) is 9.33. The highest BCUT2D eigenvalue weighted by Crippen LogP contribution is 2.17. The third-order valence-electron chi connectivity index (χ3n) is 3.96. The number of ether oxygens (including phenoxy) is 3. The zero-order valence-electron chi connectivity index (χ0n) is 17.0. The van der Waals surface area contributed by atoms with Gasteiger partial charge < -0.3 is 24.8 Å². The van der Waals surface area contributed by atoms with Gasteiger partial charge in [-0.15, -0.1) is 0 Å². The van der Waals surface area contributed by atoms with Gasteiger partial charge in [-0.1, -0.05) is 24.3 Å². The summed E-state index contributed by atoms with van der Waals surface area (Å²) in [4.78, 5) is 4.15. The van der Waals surface area contributed by atoms with E-state index in [0.29, 0.717) is 31.2 Å². The van der Waals surface area contributed by atoms with E-state index in [1.54, 1.807) is 26.3 Å². The standard InChI is InChI=1S/C21H26F3N3O3/c1-25-20(26-11-12-30-19-9-7-18(28-2)8-10-19)27-13-16-3-5-17(6-4-16)14-29-15-21(22,23)24/h3-10H,11-15H2,1-2H3,(H2,25,26,27). The summed E-state index contributed by atoms with van der Waals surface area (Å²) < 4.78 is 51.7. The molecule has 0 spiro atoms. The lowest BCUT2D eigenvalue weighted by Gasteiger charge is -2.13. The normalized spacial score (nSPS) is 11.8. The predicted octanol–water partition coefficient (Wildman–Crippen LogP) is 3.52. The fourth-order valence-electron chi connectivity index (χ4n) is 2.45. The van der Waals surface area contributed by atoms with Crippen LogP contribution in [0.1, 0.15) is 11.1 Å². The quantitative estimate of drug-likeness (QED) is 0.347. The van der Waals surface area contributed by atoms with Crippen molar-refractivity contribution < 1.29 is 27.4 Å². The summed E-state index contributed by atoms with van der Waals surface area (Å²) in [5.74, 6) is 2.14. The summed E-state index contributed by atoms with van der Waals surface area (Å²) in [6, 6.07) is 14.5. The number of nitrogens with zero attached hydrogens (tertiary/aromatic N) is 1. The zero-order valence-corrected chi connectivity index (χ0v) is 17.0. The molecule has 2 aromatic carbocycles. The number of hydrogen-bond acceptors (Lipinski definition) is 4. The maximum absolute atomic E-state index is 12.1. The molecule has 30 heavy (non-hydrogen) atoms. The Morgan fingerprint density at radius 2 is 1.57 bits per heavy atom. The van der Waals surface area contributed by atoms with E-state index < -0.39 is 12.8 Å². The first-order chi connectivity index (χ1) is 14.4. The van der Waals surface area contributed by atoms with Crippen molar-refractivity contribution in [2.75, 3.05) is 33.9 Å². The second kappa shape index (κ2) is 11.9. The molecule has 0 aromatic heterocycles. The van der Waals surface area contributed by atoms with Crippen LogP contribution in [0.2, 0.25) is 0 Å². The number of methoxy groups -OCH3 is 1. The van der Waals surface area contributed by atoms with E-state index in [-0.39, 0.29) is 6.61 Å². The van der Waals surface area contributed by atoms with Gasteiger partial charge in [0.2, 0.25) is 0 Å². The van der Waals surface area contributed by atoms with Gasteiger partial charge in [-0.2, -0.15) is 13.2 Å². The lowest BCUT2D eigenvalue weighted by atomic mass is 10.1. The van der Waals surface area contributed by atoms with Crippen LogP contribution >= 0.6 is 0 Å². The van der Waals surface area contributed by atoms with Gasteiger partial charge in [-0.05, 0) is 35.4 Å². The fraction of sp³-hybridized carbons (Fsp3) is 0.381. The number of guanidine groups is 1. The van der Waals surface area contributed by atoms with Crippen LogP contribution in [-0.2, 0) is 17.9 Å². The SMILES string of the molecule is CN=C(NCCOc1ccc(OC)cc1)NCc1ccc(COCC(F)(F)F)cc1. The minimum Gasteiger partial charge on any atom is -0.497 e. The maximum atomic E-state index is 12.1. The lowest BCUT2D eigenvalue weighted by Crippen LogP contribution is -2.38. The van der Waals surface area contributed by atoms with E-state index in [1.807, 2.05) is 36.4 Å². The number of aliphatic imine (C=N–C) groups is 1. The van der Waals surface area contributed by atoms with Crippen molar-refractivity contribution in [1.82, 2.24) is 10.6 Å². The van der Waals surface area contributed by atoms with Crippen LogP contribution in [0.4, 0.5) is 13.2 Å². The molecule has 6 nitrogen and oxygen atoms in total. The van der Waals surface area contributed by atoms with Crippen molar-refractivity contribution in [3.05, 3.63) is 59.7 Å². The average molecular weight is 425 g/mol. The molecule has 0 amide bonds. The van der Waals surface area contributed by atoms with Gasteiger partial charge in [0.05, 0.1) is 20.3 Å². The molecular weight excluding hydrogens is 399 g/mol. The molecule has 0 saturated heterocycles. The fourth-order valence-corrected chi connectivity index (χ4v) is 2.45. The van der Waals surface area contributed by atoms with Gasteiger partial charge in [0, 0.05) is 13.6 Å². The Labute approximate surface area is 174 Å². The molecular formula is C21H26F3N3O3. The smallest absolute Gasteiger partial charge is 0.411 e. The number of rotatable bonds is 10. The van der Waals surface area contributed by atoms with Crippen LogP contribution in [0.3, 0.4) is 0 Å². The Bertz CT molecular complexity index is 779. The zero-order chi connectivity index (χ0) is 21.8. The van der Waals surface area contributed by atoms with Crippen molar-refractivity contribution in [2.45, 2.75) is 19.3 Å². The van der Waals surface area contributed by atoms with Gasteiger partial charge in [-0.3, -0.25) is 4.99 Å². The molecule has 0 unspecified atom stereocenters. The highest BCUT2D eigenvalue weighted by atomic mass is 19.4. The second-order valence-electron chi connectivity index (χ2n) is 6.30. The van der Waals surface area contributed by atoms with Gasteiger partial charge in [-0.25, -0.2) is 0 Å².